The number of rotatable bonds is 8. The number of hydrogen-bond donors (Lipinski definition) is 0. The van der Waals surface area contributed by atoms with Gasteiger partial charge < -0.3 is 0 Å². The minimum Gasteiger partial charge on any atom is -0.128 e. The molecule has 2 rings (SSSR count). The van der Waals surface area contributed by atoms with E-state index in [9.17, 15) is 0 Å². The summed E-state index contributed by atoms with van der Waals surface area (Å²) in [5, 5.41) is 0.419. The SMILES string of the molecule is CCCCC=C=CC(Cc1ccccc1)Sc1ccccc1. The molecule has 0 aliphatic rings. The van der Waals surface area contributed by atoms with Crippen LogP contribution in [0.5, 0.6) is 0 Å². The predicted octanol–water partition coefficient (Wildman–Crippen LogP) is 6.29. The third-order valence-corrected chi connectivity index (χ3v) is 4.56. The van der Waals surface area contributed by atoms with Crippen LogP contribution >= 0.6 is 11.8 Å². The fourth-order valence-corrected chi connectivity index (χ4v) is 3.31. The van der Waals surface area contributed by atoms with Crippen molar-refractivity contribution in [3.8, 4) is 0 Å². The Hall–Kier alpha value is -1.69. The summed E-state index contributed by atoms with van der Waals surface area (Å²) in [4.78, 5) is 1.31. The Bertz CT molecular complexity index is 538. The molecule has 0 bridgehead atoms. The topological polar surface area (TPSA) is 0 Å². The summed E-state index contributed by atoms with van der Waals surface area (Å²) in [6.45, 7) is 2.22. The molecular formula is C21H24S. The molecule has 2 aromatic rings. The number of benzene rings is 2. The van der Waals surface area contributed by atoms with Crippen LogP contribution in [0, 0.1) is 0 Å². The highest BCUT2D eigenvalue weighted by molar-refractivity contribution is 8.00. The lowest BCUT2D eigenvalue weighted by molar-refractivity contribution is 0.815. The van der Waals surface area contributed by atoms with E-state index < -0.39 is 0 Å². The summed E-state index contributed by atoms with van der Waals surface area (Å²) in [6, 6.07) is 21.3. The maximum Gasteiger partial charge on any atom is 0.0389 e. The van der Waals surface area contributed by atoms with Crippen LogP contribution in [0.4, 0.5) is 0 Å². The molecule has 0 aromatic heterocycles. The van der Waals surface area contributed by atoms with Gasteiger partial charge in [0.2, 0.25) is 0 Å². The van der Waals surface area contributed by atoms with Crippen LogP contribution in [0.3, 0.4) is 0 Å². The molecule has 0 heterocycles. The fraction of sp³-hybridized carbons (Fsp3) is 0.286. The predicted molar refractivity (Wildman–Crippen MR) is 98.4 cm³/mol. The standard InChI is InChI=1S/C21H24S/c1-2-3-4-5-10-17-21(18-19-13-8-6-9-14-19)22-20-15-11-7-12-16-20/h5-9,11-17,21H,2-4,18H2,1H3. The molecule has 0 spiro atoms. The van der Waals surface area contributed by atoms with Crippen molar-refractivity contribution >= 4 is 11.8 Å². The van der Waals surface area contributed by atoms with E-state index in [0.29, 0.717) is 5.25 Å². The molecule has 0 aliphatic heterocycles. The van der Waals surface area contributed by atoms with Gasteiger partial charge in [0.15, 0.2) is 0 Å². The lowest BCUT2D eigenvalue weighted by Crippen LogP contribution is -2.02. The van der Waals surface area contributed by atoms with Gasteiger partial charge in [-0.1, -0.05) is 61.9 Å². The Morgan fingerprint density at radius 3 is 2.36 bits per heavy atom. The van der Waals surface area contributed by atoms with Gasteiger partial charge in [-0.15, -0.1) is 17.5 Å². The molecule has 1 atom stereocenters. The fourth-order valence-electron chi connectivity index (χ4n) is 2.22. The molecule has 0 fully saturated rings. The van der Waals surface area contributed by atoms with Gasteiger partial charge in [-0.05, 0) is 49.1 Å². The first kappa shape index (κ1) is 16.7. The summed E-state index contributed by atoms with van der Waals surface area (Å²) in [6.07, 6.45) is 9.05. The summed E-state index contributed by atoms with van der Waals surface area (Å²) in [7, 11) is 0. The molecule has 22 heavy (non-hydrogen) atoms. The van der Waals surface area contributed by atoms with E-state index in [0.717, 1.165) is 12.8 Å². The zero-order chi connectivity index (χ0) is 15.5. The highest BCUT2D eigenvalue weighted by Crippen LogP contribution is 2.26. The number of hydrogen-bond acceptors (Lipinski definition) is 1. The summed E-state index contributed by atoms with van der Waals surface area (Å²) >= 11 is 1.91. The van der Waals surface area contributed by atoms with Crippen LogP contribution in [0.25, 0.3) is 0 Å². The van der Waals surface area contributed by atoms with Crippen LogP contribution in [0.1, 0.15) is 31.7 Å². The Labute approximate surface area is 139 Å². The van der Waals surface area contributed by atoms with E-state index in [-0.39, 0.29) is 0 Å². The normalized spacial score (nSPS) is 11.5. The molecule has 2 aromatic carbocycles. The first-order valence-corrected chi connectivity index (χ1v) is 8.93. The smallest absolute Gasteiger partial charge is 0.0389 e. The van der Waals surface area contributed by atoms with Gasteiger partial charge in [0, 0.05) is 10.1 Å². The highest BCUT2D eigenvalue weighted by atomic mass is 32.2. The van der Waals surface area contributed by atoms with Crippen LogP contribution in [0.15, 0.2) is 83.4 Å². The van der Waals surface area contributed by atoms with E-state index in [4.69, 9.17) is 0 Å². The largest absolute Gasteiger partial charge is 0.128 e. The lowest BCUT2D eigenvalue weighted by Gasteiger charge is -2.12. The highest BCUT2D eigenvalue weighted by Gasteiger charge is 2.08. The van der Waals surface area contributed by atoms with Crippen molar-refractivity contribution in [2.24, 2.45) is 0 Å². The van der Waals surface area contributed by atoms with Crippen molar-refractivity contribution in [3.63, 3.8) is 0 Å². The van der Waals surface area contributed by atoms with Crippen molar-refractivity contribution in [3.05, 3.63) is 84.1 Å². The zero-order valence-corrected chi connectivity index (χ0v) is 14.1. The maximum atomic E-state index is 3.39. The first-order chi connectivity index (χ1) is 10.9. The van der Waals surface area contributed by atoms with Crippen LogP contribution in [-0.4, -0.2) is 5.25 Å². The minimum absolute atomic E-state index is 0.419. The average Bonchev–Trinajstić information content (AvgIpc) is 2.56. The second-order valence-electron chi connectivity index (χ2n) is 5.34. The molecule has 0 saturated heterocycles. The Morgan fingerprint density at radius 2 is 1.68 bits per heavy atom. The molecule has 0 aliphatic carbocycles. The third-order valence-electron chi connectivity index (χ3n) is 3.41. The van der Waals surface area contributed by atoms with Gasteiger partial charge in [0.25, 0.3) is 0 Å². The monoisotopic (exact) mass is 308 g/mol. The molecule has 1 unspecified atom stereocenters. The lowest BCUT2D eigenvalue weighted by atomic mass is 10.1. The van der Waals surface area contributed by atoms with E-state index in [2.05, 4.69) is 85.5 Å². The van der Waals surface area contributed by atoms with Crippen LogP contribution < -0.4 is 0 Å². The van der Waals surface area contributed by atoms with E-state index in [1.54, 1.807) is 0 Å². The second-order valence-corrected chi connectivity index (χ2v) is 6.65. The first-order valence-electron chi connectivity index (χ1n) is 8.05. The maximum absolute atomic E-state index is 3.39. The Kier molecular flexibility index (Phi) is 7.66. The van der Waals surface area contributed by atoms with Crippen LogP contribution in [-0.2, 0) is 6.42 Å². The molecule has 1 heteroatoms. The number of unbranched alkanes of at least 4 members (excludes halogenated alkanes) is 2. The van der Waals surface area contributed by atoms with Gasteiger partial charge in [-0.3, -0.25) is 0 Å². The molecular weight excluding hydrogens is 284 g/mol. The molecule has 114 valence electrons. The van der Waals surface area contributed by atoms with E-state index in [1.165, 1.54) is 23.3 Å². The zero-order valence-electron chi connectivity index (χ0n) is 13.2. The van der Waals surface area contributed by atoms with Crippen molar-refractivity contribution in [2.45, 2.75) is 42.8 Å². The van der Waals surface area contributed by atoms with E-state index >= 15 is 0 Å². The molecule has 0 saturated carbocycles. The summed E-state index contributed by atoms with van der Waals surface area (Å²) < 4.78 is 0. The molecule has 0 amide bonds. The molecule has 0 nitrogen and oxygen atoms in total. The second kappa shape index (κ2) is 10.1. The van der Waals surface area contributed by atoms with E-state index in [1.807, 2.05) is 11.8 Å². The third kappa shape index (κ3) is 6.39. The van der Waals surface area contributed by atoms with Gasteiger partial charge in [0.05, 0.1) is 0 Å². The average molecular weight is 308 g/mol. The summed E-state index contributed by atoms with van der Waals surface area (Å²) in [5.41, 5.74) is 4.77. The summed E-state index contributed by atoms with van der Waals surface area (Å²) in [5.74, 6) is 0. The quantitative estimate of drug-likeness (QED) is 0.313. The van der Waals surface area contributed by atoms with Gasteiger partial charge >= 0.3 is 0 Å². The van der Waals surface area contributed by atoms with Crippen molar-refractivity contribution in [2.75, 3.05) is 0 Å². The van der Waals surface area contributed by atoms with Gasteiger partial charge in [0.1, 0.15) is 0 Å². The Balaban J connectivity index is 2.04. The minimum atomic E-state index is 0.419. The number of thioether (sulfide) groups is 1. The molecule has 0 N–H and O–H groups in total. The van der Waals surface area contributed by atoms with Gasteiger partial charge in [-0.25, -0.2) is 0 Å². The van der Waals surface area contributed by atoms with Crippen molar-refractivity contribution in [1.29, 1.82) is 0 Å². The Morgan fingerprint density at radius 1 is 1.00 bits per heavy atom. The van der Waals surface area contributed by atoms with Gasteiger partial charge in [-0.2, -0.15) is 0 Å². The van der Waals surface area contributed by atoms with Crippen LogP contribution in [0.2, 0.25) is 0 Å². The van der Waals surface area contributed by atoms with Crippen molar-refractivity contribution in [1.82, 2.24) is 0 Å². The molecule has 0 radical (unpaired) electrons. The van der Waals surface area contributed by atoms with Crippen molar-refractivity contribution < 1.29 is 0 Å².